The molecule has 1 N–H and O–H groups in total. The van der Waals surface area contributed by atoms with Crippen molar-refractivity contribution in [1.29, 1.82) is 5.26 Å². The Labute approximate surface area is 165 Å². The average Bonchev–Trinajstić information content (AvgIpc) is 2.77. The van der Waals surface area contributed by atoms with Gasteiger partial charge in [0.05, 0.1) is 30.6 Å². The van der Waals surface area contributed by atoms with Gasteiger partial charge in [-0.15, -0.1) is 0 Å². The Morgan fingerprint density at radius 1 is 1.21 bits per heavy atom. The van der Waals surface area contributed by atoms with Crippen LogP contribution in [0.15, 0.2) is 54.6 Å². The van der Waals surface area contributed by atoms with Crippen LogP contribution in [0.1, 0.15) is 18.2 Å². The third-order valence-electron chi connectivity index (χ3n) is 5.34. The molecule has 0 spiro atoms. The highest BCUT2D eigenvalue weighted by molar-refractivity contribution is 5.88. The van der Waals surface area contributed by atoms with Crippen molar-refractivity contribution in [3.63, 3.8) is 0 Å². The molecule has 1 aromatic heterocycles. The zero-order valence-electron chi connectivity index (χ0n) is 16.1. The summed E-state index contributed by atoms with van der Waals surface area (Å²) in [6, 6.07) is 21.0. The number of pyridine rings is 1. The molecule has 1 fully saturated rings. The lowest BCUT2D eigenvalue weighted by atomic mass is 9.99. The molecule has 5 heteroatoms. The predicted octanol–water partition coefficient (Wildman–Crippen LogP) is 3.77. The van der Waals surface area contributed by atoms with Crippen molar-refractivity contribution in [2.24, 2.45) is 0 Å². The number of benzene rings is 2. The molecule has 0 bridgehead atoms. The molecule has 142 valence electrons. The number of piperazine rings is 1. The molecule has 4 rings (SSSR count). The van der Waals surface area contributed by atoms with Crippen LogP contribution in [0.2, 0.25) is 0 Å². The van der Waals surface area contributed by atoms with Crippen LogP contribution in [0.25, 0.3) is 22.0 Å². The molecule has 0 saturated carbocycles. The molecule has 0 aliphatic carbocycles. The van der Waals surface area contributed by atoms with E-state index >= 15 is 0 Å². The van der Waals surface area contributed by atoms with E-state index in [-0.39, 0.29) is 6.04 Å². The van der Waals surface area contributed by atoms with Gasteiger partial charge in [-0.05, 0) is 35.7 Å². The Morgan fingerprint density at radius 3 is 2.82 bits per heavy atom. The topological polar surface area (TPSA) is 61.2 Å². The van der Waals surface area contributed by atoms with Gasteiger partial charge in [-0.1, -0.05) is 24.3 Å². The Hall–Kier alpha value is -2.94. The third kappa shape index (κ3) is 3.70. The molecule has 1 unspecified atom stereocenters. The monoisotopic (exact) mass is 372 g/mol. The smallest absolute Gasteiger partial charge is 0.118 e. The Morgan fingerprint density at radius 2 is 2.04 bits per heavy atom. The maximum atomic E-state index is 9.04. The van der Waals surface area contributed by atoms with Crippen LogP contribution < -0.4 is 10.1 Å². The largest absolute Gasteiger partial charge is 0.497 e. The summed E-state index contributed by atoms with van der Waals surface area (Å²) in [5.74, 6) is 0.837. The Balaban J connectivity index is 1.80. The highest BCUT2D eigenvalue weighted by Crippen LogP contribution is 2.32. The van der Waals surface area contributed by atoms with Crippen molar-refractivity contribution in [2.75, 3.05) is 33.3 Å². The first-order valence-corrected chi connectivity index (χ1v) is 9.66. The van der Waals surface area contributed by atoms with E-state index in [2.05, 4.69) is 46.6 Å². The van der Waals surface area contributed by atoms with Crippen molar-refractivity contribution < 1.29 is 4.74 Å². The van der Waals surface area contributed by atoms with Crippen LogP contribution in [-0.2, 0) is 0 Å². The second kappa shape index (κ2) is 8.39. The van der Waals surface area contributed by atoms with E-state index in [9.17, 15) is 0 Å². The molecule has 0 radical (unpaired) electrons. The zero-order valence-corrected chi connectivity index (χ0v) is 16.1. The van der Waals surface area contributed by atoms with Gasteiger partial charge in [0.1, 0.15) is 5.75 Å². The standard InChI is InChI=1S/C23H24N4O/c1-28-19-9-7-17(8-10-19)21-15-18-5-2-3-6-20(18)23(26-21)22-16-25-12-14-27(22)13-4-11-24/h2-3,5-10,15,22,25H,4,12-14,16H2,1H3. The number of rotatable bonds is 5. The van der Waals surface area contributed by atoms with Gasteiger partial charge in [-0.3, -0.25) is 9.88 Å². The van der Waals surface area contributed by atoms with Gasteiger partial charge in [-0.2, -0.15) is 5.26 Å². The lowest BCUT2D eigenvalue weighted by Crippen LogP contribution is -2.46. The van der Waals surface area contributed by atoms with Gasteiger partial charge in [-0.25, -0.2) is 0 Å². The summed E-state index contributed by atoms with van der Waals surface area (Å²) in [4.78, 5) is 7.48. The highest BCUT2D eigenvalue weighted by Gasteiger charge is 2.26. The van der Waals surface area contributed by atoms with E-state index in [0.717, 1.165) is 48.9 Å². The first-order valence-electron chi connectivity index (χ1n) is 9.66. The number of hydrogen-bond acceptors (Lipinski definition) is 5. The van der Waals surface area contributed by atoms with Gasteiger partial charge in [0, 0.05) is 43.5 Å². The Kier molecular flexibility index (Phi) is 5.52. The molecule has 2 aromatic carbocycles. The molecule has 1 aliphatic heterocycles. The molecule has 28 heavy (non-hydrogen) atoms. The summed E-state index contributed by atoms with van der Waals surface area (Å²) in [6.07, 6.45) is 0.534. The molecule has 2 heterocycles. The Bertz CT molecular complexity index is 994. The minimum Gasteiger partial charge on any atom is -0.497 e. The van der Waals surface area contributed by atoms with Crippen molar-refractivity contribution in [2.45, 2.75) is 12.5 Å². The first-order chi connectivity index (χ1) is 13.8. The van der Waals surface area contributed by atoms with Crippen molar-refractivity contribution in [3.05, 3.63) is 60.3 Å². The average molecular weight is 372 g/mol. The molecule has 3 aromatic rings. The van der Waals surface area contributed by atoms with E-state index in [1.807, 2.05) is 24.3 Å². The number of nitriles is 1. The highest BCUT2D eigenvalue weighted by atomic mass is 16.5. The van der Waals surface area contributed by atoms with Gasteiger partial charge in [0.25, 0.3) is 0 Å². The van der Waals surface area contributed by atoms with Crippen LogP contribution in [-0.4, -0.2) is 43.2 Å². The number of fused-ring (bicyclic) bond motifs is 1. The number of nitrogens with one attached hydrogen (secondary N) is 1. The molecule has 1 atom stereocenters. The fraction of sp³-hybridized carbons (Fsp3) is 0.304. The van der Waals surface area contributed by atoms with Crippen molar-refractivity contribution >= 4 is 10.8 Å². The van der Waals surface area contributed by atoms with E-state index in [1.165, 1.54) is 10.8 Å². The molecular weight excluding hydrogens is 348 g/mol. The summed E-state index contributed by atoms with van der Waals surface area (Å²) in [5.41, 5.74) is 3.11. The molecule has 1 aliphatic rings. The molecular formula is C23H24N4O. The van der Waals surface area contributed by atoms with E-state index in [4.69, 9.17) is 15.0 Å². The van der Waals surface area contributed by atoms with E-state index < -0.39 is 0 Å². The van der Waals surface area contributed by atoms with Crippen LogP contribution in [0.5, 0.6) is 5.75 Å². The van der Waals surface area contributed by atoms with Gasteiger partial charge >= 0.3 is 0 Å². The van der Waals surface area contributed by atoms with Crippen molar-refractivity contribution in [3.8, 4) is 23.1 Å². The molecule has 1 saturated heterocycles. The van der Waals surface area contributed by atoms with Gasteiger partial charge < -0.3 is 10.1 Å². The normalized spacial score (nSPS) is 17.4. The lowest BCUT2D eigenvalue weighted by Gasteiger charge is -2.36. The lowest BCUT2D eigenvalue weighted by molar-refractivity contribution is 0.163. The third-order valence-corrected chi connectivity index (χ3v) is 5.34. The van der Waals surface area contributed by atoms with Crippen LogP contribution in [0, 0.1) is 11.3 Å². The summed E-state index contributed by atoms with van der Waals surface area (Å²) in [7, 11) is 1.67. The minimum absolute atomic E-state index is 0.158. The number of nitrogens with zero attached hydrogens (tertiary/aromatic N) is 3. The fourth-order valence-electron chi connectivity index (χ4n) is 3.87. The summed E-state index contributed by atoms with van der Waals surface area (Å²) in [5, 5.41) is 14.9. The van der Waals surface area contributed by atoms with Crippen LogP contribution >= 0.6 is 0 Å². The van der Waals surface area contributed by atoms with E-state index in [1.54, 1.807) is 7.11 Å². The van der Waals surface area contributed by atoms with Crippen LogP contribution in [0.3, 0.4) is 0 Å². The molecule has 0 amide bonds. The summed E-state index contributed by atoms with van der Waals surface area (Å²) >= 11 is 0. The predicted molar refractivity (Wildman–Crippen MR) is 111 cm³/mol. The molecule has 5 nitrogen and oxygen atoms in total. The van der Waals surface area contributed by atoms with E-state index in [0.29, 0.717) is 6.42 Å². The maximum absolute atomic E-state index is 9.04. The number of aromatic nitrogens is 1. The minimum atomic E-state index is 0.158. The number of hydrogen-bond donors (Lipinski definition) is 1. The summed E-state index contributed by atoms with van der Waals surface area (Å²) < 4.78 is 5.28. The second-order valence-corrected chi connectivity index (χ2v) is 7.01. The number of ether oxygens (including phenoxy) is 1. The maximum Gasteiger partial charge on any atom is 0.118 e. The zero-order chi connectivity index (χ0) is 19.3. The van der Waals surface area contributed by atoms with Gasteiger partial charge in [0.15, 0.2) is 0 Å². The second-order valence-electron chi connectivity index (χ2n) is 7.01. The van der Waals surface area contributed by atoms with Crippen LogP contribution in [0.4, 0.5) is 0 Å². The van der Waals surface area contributed by atoms with Gasteiger partial charge in [0.2, 0.25) is 0 Å². The number of methoxy groups -OCH3 is 1. The summed E-state index contributed by atoms with van der Waals surface area (Å²) in [6.45, 7) is 3.48. The van der Waals surface area contributed by atoms with Crippen molar-refractivity contribution in [1.82, 2.24) is 15.2 Å². The SMILES string of the molecule is COc1ccc(-c2cc3ccccc3c(C3CNCCN3CCC#N)n2)cc1. The quantitative estimate of drug-likeness (QED) is 0.739. The first kappa shape index (κ1) is 18.4. The fourth-order valence-corrected chi connectivity index (χ4v) is 3.87.